The van der Waals surface area contributed by atoms with Crippen LogP contribution in [0.2, 0.25) is 0 Å². The molecule has 0 spiro atoms. The monoisotopic (exact) mass is 454 g/mol. The summed E-state index contributed by atoms with van der Waals surface area (Å²) in [6.45, 7) is 3.24. The van der Waals surface area contributed by atoms with Crippen molar-refractivity contribution in [2.75, 3.05) is 0 Å². The van der Waals surface area contributed by atoms with Crippen LogP contribution in [-0.2, 0) is 27.7 Å². The second kappa shape index (κ2) is 7.67. The summed E-state index contributed by atoms with van der Waals surface area (Å²) in [6, 6.07) is 0. The van der Waals surface area contributed by atoms with Gasteiger partial charge in [-0.15, -0.1) is 0 Å². The maximum atomic E-state index is 10.6. The summed E-state index contributed by atoms with van der Waals surface area (Å²) in [5.74, 6) is 0. The van der Waals surface area contributed by atoms with Gasteiger partial charge in [-0.3, -0.25) is 19.6 Å². The molecule has 0 aliphatic heterocycles. The van der Waals surface area contributed by atoms with Gasteiger partial charge in [-0.25, -0.2) is 9.59 Å². The van der Waals surface area contributed by atoms with E-state index < -0.39 is 11.4 Å². The minimum Gasteiger partial charge on any atom is -0.314 e. The largest absolute Gasteiger partial charge is 0.325 e. The Morgan fingerprint density at radius 2 is 1.05 bits per heavy atom. The molecule has 8 nitrogen and oxygen atoms in total. The van der Waals surface area contributed by atoms with Crippen LogP contribution in [0.1, 0.15) is 11.1 Å². The van der Waals surface area contributed by atoms with Crippen LogP contribution in [0.5, 0.6) is 0 Å². The standard InChI is InChI=1S/2C5H6N2O2.Hg/c2*1-3-2-6-5(9)7-4(3)8;/h2*2H,1H3,(H2,6,7,8,9);. The molecule has 0 saturated carbocycles. The molecule has 0 saturated heterocycles. The number of aryl methyl sites for hydroxylation is 2. The molecule has 19 heavy (non-hydrogen) atoms. The van der Waals surface area contributed by atoms with E-state index in [1.165, 1.54) is 12.4 Å². The Hall–Kier alpha value is -1.70. The number of hydrogen-bond donors (Lipinski definition) is 4. The molecule has 2 aromatic heterocycles. The average molecular weight is 453 g/mol. The van der Waals surface area contributed by atoms with E-state index in [1.807, 2.05) is 0 Å². The number of hydrogen-bond acceptors (Lipinski definition) is 4. The summed E-state index contributed by atoms with van der Waals surface area (Å²) in [7, 11) is 0. The first-order chi connectivity index (χ1) is 8.40. The summed E-state index contributed by atoms with van der Waals surface area (Å²) in [5, 5.41) is 0. The van der Waals surface area contributed by atoms with E-state index in [9.17, 15) is 19.2 Å². The minimum atomic E-state index is -0.467. The first-order valence-corrected chi connectivity index (χ1v) is 4.97. The second-order valence-electron chi connectivity index (χ2n) is 3.51. The summed E-state index contributed by atoms with van der Waals surface area (Å²) in [4.78, 5) is 50.6. The molecule has 0 aliphatic rings. The maximum Gasteiger partial charge on any atom is 0.325 e. The second-order valence-corrected chi connectivity index (χ2v) is 3.51. The van der Waals surface area contributed by atoms with Crippen LogP contribution in [0.25, 0.3) is 0 Å². The molecule has 0 amide bonds. The third-order valence-corrected chi connectivity index (χ3v) is 2.01. The third-order valence-electron chi connectivity index (χ3n) is 2.01. The van der Waals surface area contributed by atoms with Gasteiger partial charge in [0.2, 0.25) is 0 Å². The first kappa shape index (κ1) is 17.3. The van der Waals surface area contributed by atoms with Crippen LogP contribution >= 0.6 is 0 Å². The van der Waals surface area contributed by atoms with Gasteiger partial charge >= 0.3 is 11.4 Å². The Labute approximate surface area is 126 Å². The minimum absolute atomic E-state index is 0. The fourth-order valence-electron chi connectivity index (χ4n) is 0.954. The number of aromatic nitrogens is 4. The molecule has 0 bridgehead atoms. The summed E-state index contributed by atoms with van der Waals surface area (Å²) in [6.07, 6.45) is 2.75. The van der Waals surface area contributed by atoms with E-state index in [2.05, 4.69) is 19.9 Å². The molecule has 0 radical (unpaired) electrons. The molecule has 9 heteroatoms. The van der Waals surface area contributed by atoms with Gasteiger partial charge in [0, 0.05) is 51.2 Å². The molecule has 0 atom stereocenters. The van der Waals surface area contributed by atoms with Crippen molar-refractivity contribution in [1.29, 1.82) is 0 Å². The van der Waals surface area contributed by atoms with Crippen molar-refractivity contribution in [3.63, 3.8) is 0 Å². The Morgan fingerprint density at radius 3 is 1.26 bits per heavy atom. The van der Waals surface area contributed by atoms with E-state index in [0.29, 0.717) is 11.1 Å². The molecule has 0 unspecified atom stereocenters. The SMILES string of the molecule is Cc1c[nH]c(=O)[nH]c1=O.Cc1c[nH]c(=O)[nH]c1=O.[Hg]. The van der Waals surface area contributed by atoms with Crippen molar-refractivity contribution in [3.8, 4) is 0 Å². The molecule has 0 aliphatic carbocycles. The Bertz CT molecular complexity index is 690. The predicted octanol–water partition coefficient (Wildman–Crippen LogP) is -1.26. The molecule has 2 heterocycles. The van der Waals surface area contributed by atoms with Gasteiger partial charge in [0.05, 0.1) is 0 Å². The van der Waals surface area contributed by atoms with Crippen molar-refractivity contribution in [1.82, 2.24) is 19.9 Å². The van der Waals surface area contributed by atoms with Crippen molar-refractivity contribution in [2.45, 2.75) is 13.8 Å². The fraction of sp³-hybridized carbons (Fsp3) is 0.200. The maximum absolute atomic E-state index is 10.6. The molecule has 2 rings (SSSR count). The van der Waals surface area contributed by atoms with Crippen LogP contribution in [0.4, 0.5) is 0 Å². The van der Waals surface area contributed by atoms with E-state index >= 15 is 0 Å². The van der Waals surface area contributed by atoms with Gasteiger partial charge in [-0.05, 0) is 13.8 Å². The first-order valence-electron chi connectivity index (χ1n) is 4.97. The van der Waals surface area contributed by atoms with Gasteiger partial charge in [-0.1, -0.05) is 0 Å². The van der Waals surface area contributed by atoms with Gasteiger partial charge in [0.25, 0.3) is 11.1 Å². The Balaban J connectivity index is 0.000000324. The number of nitrogens with one attached hydrogen (secondary N) is 4. The summed E-state index contributed by atoms with van der Waals surface area (Å²) in [5.41, 5.74) is -0.585. The van der Waals surface area contributed by atoms with Gasteiger partial charge in [0.1, 0.15) is 0 Å². The molecule has 4 N–H and O–H groups in total. The quantitative estimate of drug-likeness (QED) is 0.371. The number of H-pyrrole nitrogens is 4. The molecule has 0 aromatic carbocycles. The normalized spacial score (nSPS) is 8.95. The zero-order valence-electron chi connectivity index (χ0n) is 10.5. The zero-order valence-corrected chi connectivity index (χ0v) is 16.0. The Morgan fingerprint density at radius 1 is 0.737 bits per heavy atom. The third kappa shape index (κ3) is 5.64. The predicted molar refractivity (Wildman–Crippen MR) is 64.8 cm³/mol. The van der Waals surface area contributed by atoms with Crippen molar-refractivity contribution >= 4 is 0 Å². The van der Waals surface area contributed by atoms with Crippen LogP contribution in [0.15, 0.2) is 31.6 Å². The number of aromatic amines is 4. The Kier molecular flexibility index (Phi) is 6.98. The molecular weight excluding hydrogens is 441 g/mol. The summed E-state index contributed by atoms with van der Waals surface area (Å²) < 4.78 is 0. The van der Waals surface area contributed by atoms with Crippen LogP contribution in [0.3, 0.4) is 0 Å². The topological polar surface area (TPSA) is 131 Å². The van der Waals surface area contributed by atoms with Gasteiger partial charge in [-0.2, -0.15) is 0 Å². The molecular formula is C10H12HgN4O4. The van der Waals surface area contributed by atoms with Crippen LogP contribution in [-0.4, -0.2) is 19.9 Å². The van der Waals surface area contributed by atoms with Crippen LogP contribution in [0, 0.1) is 13.8 Å². The van der Waals surface area contributed by atoms with E-state index in [-0.39, 0.29) is 38.8 Å². The van der Waals surface area contributed by atoms with Gasteiger partial charge in [0.15, 0.2) is 0 Å². The van der Waals surface area contributed by atoms with E-state index in [4.69, 9.17) is 0 Å². The molecule has 2 aromatic rings. The smallest absolute Gasteiger partial charge is 0.314 e. The van der Waals surface area contributed by atoms with Crippen molar-refractivity contribution in [3.05, 3.63) is 65.2 Å². The van der Waals surface area contributed by atoms with Crippen molar-refractivity contribution in [2.24, 2.45) is 0 Å². The van der Waals surface area contributed by atoms with E-state index in [0.717, 1.165) is 0 Å². The number of rotatable bonds is 0. The average Bonchev–Trinajstić information content (AvgIpc) is 2.30. The van der Waals surface area contributed by atoms with Crippen molar-refractivity contribution < 1.29 is 27.7 Å². The molecule has 98 valence electrons. The molecule has 0 fully saturated rings. The van der Waals surface area contributed by atoms with E-state index in [1.54, 1.807) is 13.8 Å². The fourth-order valence-corrected chi connectivity index (χ4v) is 0.954. The van der Waals surface area contributed by atoms with Crippen LogP contribution < -0.4 is 22.5 Å². The zero-order chi connectivity index (χ0) is 13.7. The summed E-state index contributed by atoms with van der Waals surface area (Å²) >= 11 is 0. The van der Waals surface area contributed by atoms with Gasteiger partial charge < -0.3 is 9.97 Å².